The molecule has 186 valence electrons. The Morgan fingerprint density at radius 3 is 2.05 bits per heavy atom. The van der Waals surface area contributed by atoms with Crippen LogP contribution in [0.15, 0.2) is 120 Å². The summed E-state index contributed by atoms with van der Waals surface area (Å²) in [5.41, 5.74) is 4.61. The van der Waals surface area contributed by atoms with Crippen molar-refractivity contribution in [3.05, 3.63) is 148 Å². The van der Waals surface area contributed by atoms with Gasteiger partial charge in [-0.3, -0.25) is 14.2 Å². The summed E-state index contributed by atoms with van der Waals surface area (Å²) in [5, 5.41) is 8.63. The molecule has 1 amide bonds. The maximum atomic E-state index is 14.2. The Morgan fingerprint density at radius 1 is 0.737 bits per heavy atom. The van der Waals surface area contributed by atoms with Crippen molar-refractivity contribution in [1.29, 1.82) is 0 Å². The van der Waals surface area contributed by atoms with E-state index in [4.69, 9.17) is 5.10 Å². The Labute approximate surface area is 219 Å². The van der Waals surface area contributed by atoms with E-state index in [-0.39, 0.29) is 11.5 Å². The summed E-state index contributed by atoms with van der Waals surface area (Å²) in [7, 11) is 0. The molecular formula is C32H26N4O2. The number of nitrogens with zero attached hydrogens (tertiary/aromatic N) is 3. The Hall–Kier alpha value is -4.97. The molecule has 0 atom stereocenters. The molecule has 2 aromatic heterocycles. The zero-order valence-electron chi connectivity index (χ0n) is 20.7. The minimum absolute atomic E-state index is 0.282. The average Bonchev–Trinajstić information content (AvgIpc) is 3.36. The summed E-state index contributed by atoms with van der Waals surface area (Å²) in [5.74, 6) is -0.311. The molecule has 38 heavy (non-hydrogen) atoms. The fraction of sp³-hybridized carbons (Fsp3) is 0.0938. The van der Waals surface area contributed by atoms with Crippen LogP contribution in [0.25, 0.3) is 22.1 Å². The number of hydrogen-bond donors (Lipinski definition) is 1. The number of fused-ring (bicyclic) bond motifs is 3. The molecule has 0 fully saturated rings. The van der Waals surface area contributed by atoms with Gasteiger partial charge in [0.15, 0.2) is 0 Å². The maximum Gasteiger partial charge on any atom is 0.282 e. The van der Waals surface area contributed by atoms with Crippen molar-refractivity contribution < 1.29 is 4.79 Å². The standard InChI is InChI=1S/C32H26N4O2/c37-31(33-21-20-23-12-4-1-5-13-23)30-28(22-24-14-6-2-7-15-24)36-29(26-18-10-11-19-27(26)34-36)32(38)35(30)25-16-8-3-9-17-25/h1-19H,20-22H2,(H,33,37). The zero-order valence-corrected chi connectivity index (χ0v) is 20.7. The highest BCUT2D eigenvalue weighted by atomic mass is 16.2. The highest BCUT2D eigenvalue weighted by Gasteiger charge is 2.26. The lowest BCUT2D eigenvalue weighted by Gasteiger charge is -2.19. The summed E-state index contributed by atoms with van der Waals surface area (Å²) in [4.78, 5) is 28.1. The van der Waals surface area contributed by atoms with E-state index in [1.54, 1.807) is 9.08 Å². The molecule has 0 saturated carbocycles. The van der Waals surface area contributed by atoms with Crippen molar-refractivity contribution in [2.45, 2.75) is 12.8 Å². The predicted molar refractivity (Wildman–Crippen MR) is 150 cm³/mol. The predicted octanol–water partition coefficient (Wildman–Crippen LogP) is 5.20. The van der Waals surface area contributed by atoms with Crippen LogP contribution >= 0.6 is 0 Å². The first kappa shape index (κ1) is 23.4. The number of amides is 1. The van der Waals surface area contributed by atoms with Gasteiger partial charge in [-0.05, 0) is 35.7 Å². The lowest BCUT2D eigenvalue weighted by atomic mass is 10.1. The Bertz CT molecular complexity index is 1790. The molecule has 0 spiro atoms. The topological polar surface area (TPSA) is 68.4 Å². The minimum Gasteiger partial charge on any atom is -0.350 e. The van der Waals surface area contributed by atoms with E-state index in [0.717, 1.165) is 16.5 Å². The van der Waals surface area contributed by atoms with Gasteiger partial charge in [0.1, 0.15) is 11.2 Å². The van der Waals surface area contributed by atoms with Crippen molar-refractivity contribution in [3.63, 3.8) is 0 Å². The molecule has 6 heteroatoms. The molecule has 4 aromatic carbocycles. The van der Waals surface area contributed by atoms with Crippen molar-refractivity contribution in [1.82, 2.24) is 19.5 Å². The van der Waals surface area contributed by atoms with Gasteiger partial charge in [-0.15, -0.1) is 0 Å². The monoisotopic (exact) mass is 498 g/mol. The number of carbonyl (C=O) groups is 1. The van der Waals surface area contributed by atoms with Crippen LogP contribution in [0.2, 0.25) is 0 Å². The second kappa shape index (κ2) is 10.2. The summed E-state index contributed by atoms with van der Waals surface area (Å²) in [6, 6.07) is 36.9. The van der Waals surface area contributed by atoms with Gasteiger partial charge in [-0.25, -0.2) is 4.52 Å². The zero-order chi connectivity index (χ0) is 25.9. The SMILES string of the molecule is O=C(NCCc1ccccc1)c1c(Cc2ccccc2)n2nc3ccccc3c2c(=O)n1-c1ccccc1. The molecule has 6 nitrogen and oxygen atoms in total. The number of para-hydroxylation sites is 1. The van der Waals surface area contributed by atoms with Gasteiger partial charge in [-0.1, -0.05) is 97.1 Å². The number of benzene rings is 4. The molecule has 0 radical (unpaired) electrons. The number of nitrogens with one attached hydrogen (secondary N) is 1. The molecule has 1 N–H and O–H groups in total. The third kappa shape index (κ3) is 4.37. The normalized spacial score (nSPS) is 11.2. The summed E-state index contributed by atoms with van der Waals surface area (Å²) >= 11 is 0. The van der Waals surface area contributed by atoms with E-state index in [1.807, 2.05) is 115 Å². The molecule has 0 aliphatic carbocycles. The van der Waals surface area contributed by atoms with Gasteiger partial charge in [0.25, 0.3) is 11.5 Å². The molecule has 6 aromatic rings. The maximum absolute atomic E-state index is 14.2. The van der Waals surface area contributed by atoms with E-state index < -0.39 is 0 Å². The van der Waals surface area contributed by atoms with Gasteiger partial charge >= 0.3 is 0 Å². The van der Waals surface area contributed by atoms with Gasteiger partial charge in [0, 0.05) is 24.0 Å². The van der Waals surface area contributed by atoms with E-state index in [9.17, 15) is 9.59 Å². The van der Waals surface area contributed by atoms with Gasteiger partial charge in [-0.2, -0.15) is 5.10 Å². The number of hydrogen-bond acceptors (Lipinski definition) is 3. The molecule has 2 heterocycles. The highest BCUT2D eigenvalue weighted by molar-refractivity contribution is 5.98. The van der Waals surface area contributed by atoms with Gasteiger partial charge < -0.3 is 5.32 Å². The molecule has 0 unspecified atom stereocenters. The lowest BCUT2D eigenvalue weighted by molar-refractivity contribution is 0.0944. The summed E-state index contributed by atoms with van der Waals surface area (Å²) in [6.07, 6.45) is 1.12. The molecular weight excluding hydrogens is 472 g/mol. The average molecular weight is 499 g/mol. The third-order valence-electron chi connectivity index (χ3n) is 6.72. The minimum atomic E-state index is -0.311. The first-order valence-electron chi connectivity index (χ1n) is 12.7. The number of aromatic nitrogens is 3. The summed E-state index contributed by atoms with van der Waals surface area (Å²) in [6.45, 7) is 0.440. The first-order valence-corrected chi connectivity index (χ1v) is 12.7. The van der Waals surface area contributed by atoms with Crippen molar-refractivity contribution in [2.24, 2.45) is 0 Å². The van der Waals surface area contributed by atoms with E-state index >= 15 is 0 Å². The fourth-order valence-corrected chi connectivity index (χ4v) is 4.92. The largest absolute Gasteiger partial charge is 0.350 e. The van der Waals surface area contributed by atoms with E-state index in [0.29, 0.717) is 47.5 Å². The second-order valence-corrected chi connectivity index (χ2v) is 9.20. The van der Waals surface area contributed by atoms with Gasteiger partial charge in [0.05, 0.1) is 11.2 Å². The molecule has 0 saturated heterocycles. The Morgan fingerprint density at radius 2 is 1.34 bits per heavy atom. The smallest absolute Gasteiger partial charge is 0.282 e. The van der Waals surface area contributed by atoms with Crippen molar-refractivity contribution >= 4 is 22.3 Å². The van der Waals surface area contributed by atoms with Crippen LogP contribution < -0.4 is 10.9 Å². The van der Waals surface area contributed by atoms with E-state index in [1.165, 1.54) is 0 Å². The van der Waals surface area contributed by atoms with Crippen LogP contribution in [-0.2, 0) is 12.8 Å². The number of carbonyl (C=O) groups excluding carboxylic acids is 1. The molecule has 0 aliphatic heterocycles. The van der Waals surface area contributed by atoms with Crippen LogP contribution in [-0.4, -0.2) is 26.6 Å². The molecule has 6 rings (SSSR count). The van der Waals surface area contributed by atoms with Crippen molar-refractivity contribution in [2.75, 3.05) is 6.54 Å². The van der Waals surface area contributed by atoms with Gasteiger partial charge in [0.2, 0.25) is 0 Å². The van der Waals surface area contributed by atoms with Crippen LogP contribution in [0.1, 0.15) is 27.3 Å². The molecule has 0 aliphatic rings. The third-order valence-corrected chi connectivity index (χ3v) is 6.72. The Balaban J connectivity index is 1.57. The Kier molecular flexibility index (Phi) is 6.28. The lowest BCUT2D eigenvalue weighted by Crippen LogP contribution is -2.36. The van der Waals surface area contributed by atoms with E-state index in [2.05, 4.69) is 5.32 Å². The molecule has 0 bridgehead atoms. The fourth-order valence-electron chi connectivity index (χ4n) is 4.92. The van der Waals surface area contributed by atoms with Crippen LogP contribution in [0.3, 0.4) is 0 Å². The highest BCUT2D eigenvalue weighted by Crippen LogP contribution is 2.24. The van der Waals surface area contributed by atoms with Crippen LogP contribution in [0.4, 0.5) is 0 Å². The van der Waals surface area contributed by atoms with Crippen LogP contribution in [0.5, 0.6) is 0 Å². The van der Waals surface area contributed by atoms with Crippen molar-refractivity contribution in [3.8, 4) is 5.69 Å². The van der Waals surface area contributed by atoms with Crippen LogP contribution in [0, 0.1) is 0 Å². The number of rotatable bonds is 7. The summed E-state index contributed by atoms with van der Waals surface area (Å²) < 4.78 is 3.21. The first-order chi connectivity index (χ1) is 18.7. The second-order valence-electron chi connectivity index (χ2n) is 9.20. The quantitative estimate of drug-likeness (QED) is 0.329.